The average Bonchev–Trinajstić information content (AvgIpc) is 3.17. The lowest BCUT2D eigenvalue weighted by Gasteiger charge is -2.15. The number of hydrogen-bond donors (Lipinski definition) is 1. The molecule has 32 heavy (non-hydrogen) atoms. The van der Waals surface area contributed by atoms with Crippen LogP contribution in [0.1, 0.15) is 11.1 Å². The molecule has 0 unspecified atom stereocenters. The molecule has 4 nitrogen and oxygen atoms in total. The van der Waals surface area contributed by atoms with Crippen molar-refractivity contribution >= 4 is 49.6 Å². The van der Waals surface area contributed by atoms with Crippen LogP contribution in [0.2, 0.25) is 0 Å². The fourth-order valence-corrected chi connectivity index (χ4v) is 4.32. The van der Waals surface area contributed by atoms with Crippen LogP contribution < -0.4 is 0 Å². The van der Waals surface area contributed by atoms with E-state index in [4.69, 9.17) is 5.41 Å². The third-order valence-corrected chi connectivity index (χ3v) is 5.86. The summed E-state index contributed by atoms with van der Waals surface area (Å²) in [6, 6.07) is 34.8. The highest BCUT2D eigenvalue weighted by molar-refractivity contribution is 9.07. The highest BCUT2D eigenvalue weighted by Crippen LogP contribution is 2.31. The number of benzene rings is 4. The molecular formula is C27H21BrN4. The van der Waals surface area contributed by atoms with Crippen LogP contribution in [0.25, 0.3) is 27.5 Å². The Kier molecular flexibility index (Phi) is 5.33. The molecule has 5 heteroatoms. The number of amidine groups is 2. The second-order valence-electron chi connectivity index (χ2n) is 7.54. The Hall–Kier alpha value is -3.70. The summed E-state index contributed by atoms with van der Waals surface area (Å²) in [5, 5.41) is 10.9. The predicted molar refractivity (Wildman–Crippen MR) is 137 cm³/mol. The third kappa shape index (κ3) is 3.61. The van der Waals surface area contributed by atoms with Crippen LogP contribution in [0.4, 0.5) is 0 Å². The first-order valence-electron chi connectivity index (χ1n) is 10.3. The number of aromatic nitrogens is 1. The van der Waals surface area contributed by atoms with Crippen molar-refractivity contribution in [1.29, 1.82) is 5.41 Å². The number of halogens is 1. The van der Waals surface area contributed by atoms with Gasteiger partial charge in [-0.1, -0.05) is 66.7 Å². The van der Waals surface area contributed by atoms with Crippen LogP contribution in [0.5, 0.6) is 0 Å². The summed E-state index contributed by atoms with van der Waals surface area (Å²) in [5.41, 5.74) is 5.15. The largest absolute Gasteiger partial charge is 0.309 e. The SMILES string of the molecule is CN(Br)/C(=N\C(=N)c1ccccc1)c1ccc(-n2c3ccccc3c3ccccc32)cc1. The van der Waals surface area contributed by atoms with Gasteiger partial charge in [-0.05, 0) is 36.4 Å². The summed E-state index contributed by atoms with van der Waals surface area (Å²) >= 11 is 3.50. The molecule has 1 aromatic heterocycles. The van der Waals surface area contributed by atoms with Crippen LogP contribution in [0, 0.1) is 5.41 Å². The van der Waals surface area contributed by atoms with E-state index in [1.165, 1.54) is 21.8 Å². The summed E-state index contributed by atoms with van der Waals surface area (Å²) in [5.74, 6) is 0.894. The molecule has 0 amide bonds. The smallest absolute Gasteiger partial charge is 0.154 e. The highest BCUT2D eigenvalue weighted by atomic mass is 79.9. The lowest BCUT2D eigenvalue weighted by atomic mass is 10.1. The molecule has 0 aliphatic rings. The molecule has 0 aliphatic heterocycles. The molecule has 0 radical (unpaired) electrons. The van der Waals surface area contributed by atoms with Gasteiger partial charge in [0.1, 0.15) is 5.84 Å². The maximum Gasteiger partial charge on any atom is 0.154 e. The zero-order valence-corrected chi connectivity index (χ0v) is 19.1. The molecule has 0 bridgehead atoms. The monoisotopic (exact) mass is 480 g/mol. The normalized spacial score (nSPS) is 11.8. The van der Waals surface area contributed by atoms with Gasteiger partial charge in [0, 0.05) is 34.6 Å². The van der Waals surface area contributed by atoms with Gasteiger partial charge in [0.15, 0.2) is 5.84 Å². The molecule has 5 aromatic rings. The van der Waals surface area contributed by atoms with E-state index in [0.29, 0.717) is 5.84 Å². The molecule has 0 spiro atoms. The molecule has 0 saturated heterocycles. The molecule has 0 aliphatic carbocycles. The Bertz CT molecular complexity index is 1390. The average molecular weight is 481 g/mol. The standard InChI is InChI=1S/C27H21BrN4/c1-31(28)27(30-26(29)19-9-3-2-4-10-19)20-15-17-21(18-16-20)32-24-13-7-5-11-22(24)23-12-6-8-14-25(23)32/h2-18,29H,1H3/b29-26?,30-27-. The Balaban J connectivity index is 1.58. The minimum Gasteiger partial charge on any atom is -0.309 e. The maximum absolute atomic E-state index is 8.40. The number of hydrogen-bond acceptors (Lipinski definition) is 1. The van der Waals surface area contributed by atoms with E-state index in [1.807, 2.05) is 49.5 Å². The van der Waals surface area contributed by atoms with Gasteiger partial charge < -0.3 is 4.57 Å². The number of aliphatic imine (C=N–C) groups is 1. The number of fused-ring (bicyclic) bond motifs is 3. The van der Waals surface area contributed by atoms with Crippen molar-refractivity contribution in [1.82, 2.24) is 8.49 Å². The molecular weight excluding hydrogens is 460 g/mol. The van der Waals surface area contributed by atoms with Gasteiger partial charge >= 0.3 is 0 Å². The van der Waals surface area contributed by atoms with E-state index < -0.39 is 0 Å². The summed E-state index contributed by atoms with van der Waals surface area (Å²) in [7, 11) is 1.87. The van der Waals surface area contributed by atoms with Gasteiger partial charge in [0.2, 0.25) is 0 Å². The first kappa shape index (κ1) is 20.2. The zero-order valence-electron chi connectivity index (χ0n) is 17.5. The molecule has 0 fully saturated rings. The van der Waals surface area contributed by atoms with Crippen molar-refractivity contribution in [2.24, 2.45) is 4.99 Å². The van der Waals surface area contributed by atoms with Crippen molar-refractivity contribution in [3.8, 4) is 5.69 Å². The molecule has 0 atom stereocenters. The first-order chi connectivity index (χ1) is 15.6. The zero-order chi connectivity index (χ0) is 22.1. The highest BCUT2D eigenvalue weighted by Gasteiger charge is 2.13. The number of rotatable bonds is 3. The van der Waals surface area contributed by atoms with Crippen molar-refractivity contribution in [2.75, 3.05) is 7.05 Å². The second-order valence-corrected chi connectivity index (χ2v) is 8.61. The van der Waals surface area contributed by atoms with Crippen molar-refractivity contribution < 1.29 is 0 Å². The van der Waals surface area contributed by atoms with E-state index in [0.717, 1.165) is 16.8 Å². The van der Waals surface area contributed by atoms with E-state index >= 15 is 0 Å². The number of nitrogens with one attached hydrogen (secondary N) is 1. The lowest BCUT2D eigenvalue weighted by Crippen LogP contribution is -2.19. The number of nitrogens with zero attached hydrogens (tertiary/aromatic N) is 3. The Morgan fingerprint density at radius 3 is 1.81 bits per heavy atom. The minimum absolute atomic E-state index is 0.221. The maximum atomic E-state index is 8.40. The fraction of sp³-hybridized carbons (Fsp3) is 0.0370. The Labute approximate surface area is 195 Å². The van der Waals surface area contributed by atoms with Crippen LogP contribution in [-0.4, -0.2) is 27.2 Å². The summed E-state index contributed by atoms with van der Waals surface area (Å²) in [6.07, 6.45) is 0. The summed E-state index contributed by atoms with van der Waals surface area (Å²) in [6.45, 7) is 0. The number of para-hydroxylation sites is 2. The Morgan fingerprint density at radius 1 is 0.719 bits per heavy atom. The molecule has 156 valence electrons. The Morgan fingerprint density at radius 2 is 1.25 bits per heavy atom. The van der Waals surface area contributed by atoms with Crippen molar-refractivity contribution in [3.05, 3.63) is 114 Å². The quantitative estimate of drug-likeness (QED) is 0.172. The van der Waals surface area contributed by atoms with Crippen molar-refractivity contribution in [3.63, 3.8) is 0 Å². The third-order valence-electron chi connectivity index (χ3n) is 5.52. The fourth-order valence-electron chi connectivity index (χ4n) is 4.04. The minimum atomic E-state index is 0.221. The molecule has 5 rings (SSSR count). The van der Waals surface area contributed by atoms with Gasteiger partial charge in [-0.2, -0.15) is 0 Å². The van der Waals surface area contributed by atoms with E-state index in [-0.39, 0.29) is 5.84 Å². The van der Waals surface area contributed by atoms with Gasteiger partial charge in [-0.25, -0.2) is 4.99 Å². The van der Waals surface area contributed by atoms with Gasteiger partial charge in [0.05, 0.1) is 27.2 Å². The molecule has 1 N–H and O–H groups in total. The summed E-state index contributed by atoms with van der Waals surface area (Å²) < 4.78 is 4.05. The van der Waals surface area contributed by atoms with Gasteiger partial charge in [-0.3, -0.25) is 9.34 Å². The van der Waals surface area contributed by atoms with Crippen LogP contribution in [-0.2, 0) is 0 Å². The van der Waals surface area contributed by atoms with Gasteiger partial charge in [-0.15, -0.1) is 0 Å². The first-order valence-corrected chi connectivity index (χ1v) is 11.1. The molecule has 1 heterocycles. The van der Waals surface area contributed by atoms with Crippen LogP contribution in [0.15, 0.2) is 108 Å². The van der Waals surface area contributed by atoms with E-state index in [2.05, 4.69) is 86.4 Å². The van der Waals surface area contributed by atoms with Crippen molar-refractivity contribution in [2.45, 2.75) is 0 Å². The topological polar surface area (TPSA) is 44.4 Å². The van der Waals surface area contributed by atoms with Crippen LogP contribution in [0.3, 0.4) is 0 Å². The predicted octanol–water partition coefficient (Wildman–Crippen LogP) is 6.80. The van der Waals surface area contributed by atoms with Crippen LogP contribution >= 0.6 is 16.1 Å². The van der Waals surface area contributed by atoms with E-state index in [1.54, 1.807) is 3.93 Å². The van der Waals surface area contributed by atoms with Gasteiger partial charge in [0.25, 0.3) is 0 Å². The molecule has 0 saturated carbocycles. The second kappa shape index (κ2) is 8.44. The summed E-state index contributed by atoms with van der Waals surface area (Å²) in [4.78, 5) is 4.58. The molecule has 4 aromatic carbocycles. The van der Waals surface area contributed by atoms with E-state index in [9.17, 15) is 0 Å². The lowest BCUT2D eigenvalue weighted by molar-refractivity contribution is 0.874.